The fourth-order valence-corrected chi connectivity index (χ4v) is 1.66. The number of nitrogens with zero attached hydrogens (tertiary/aromatic N) is 2. The van der Waals surface area contributed by atoms with Gasteiger partial charge in [0.1, 0.15) is 5.03 Å². The second-order valence-electron chi connectivity index (χ2n) is 2.36. The van der Waals surface area contributed by atoms with Crippen molar-refractivity contribution in [2.75, 3.05) is 12.1 Å². The highest BCUT2D eigenvalue weighted by molar-refractivity contribution is 7.98. The Morgan fingerprint density at radius 2 is 2.42 bits per heavy atom. The first-order valence-corrected chi connectivity index (χ1v) is 5.55. The highest BCUT2D eigenvalue weighted by atomic mass is 35.5. The number of thioether (sulfide) groups is 1. The summed E-state index contributed by atoms with van der Waals surface area (Å²) in [5.74, 6) is 0.705. The molecule has 0 unspecified atom stereocenters. The van der Waals surface area contributed by atoms with E-state index >= 15 is 0 Å². The van der Waals surface area contributed by atoms with Gasteiger partial charge in [0.25, 0.3) is 0 Å². The Hall–Kier alpha value is -0.280. The summed E-state index contributed by atoms with van der Waals surface area (Å²) < 4.78 is 0. The fraction of sp³-hybridized carbons (Fsp3) is 0.500. The zero-order chi connectivity index (χ0) is 8.81. The number of aryl methyl sites for hydroxylation is 1. The van der Waals surface area contributed by atoms with E-state index in [9.17, 15) is 0 Å². The Kier molecular flexibility index (Phi) is 4.40. The fourth-order valence-electron chi connectivity index (χ4n) is 0.964. The van der Waals surface area contributed by atoms with Crippen molar-refractivity contribution in [3.05, 3.63) is 17.8 Å². The average Bonchev–Trinajstić information content (AvgIpc) is 2.15. The highest BCUT2D eigenvalue weighted by Gasteiger charge is 2.01. The minimum Gasteiger partial charge on any atom is -0.158 e. The standard InChI is InChI=1S/C8H11ClN2S/c1-12-8-7(3-2-5-9)4-6-10-11-8/h4,6H,2-3,5H2,1H3. The monoisotopic (exact) mass is 202 g/mol. The molecule has 0 N–H and O–H groups in total. The lowest BCUT2D eigenvalue weighted by atomic mass is 10.2. The van der Waals surface area contributed by atoms with Crippen LogP contribution in [-0.4, -0.2) is 22.3 Å². The maximum Gasteiger partial charge on any atom is 0.122 e. The third-order valence-electron chi connectivity index (χ3n) is 1.54. The molecule has 0 atom stereocenters. The molecule has 0 bridgehead atoms. The van der Waals surface area contributed by atoms with Gasteiger partial charge in [0, 0.05) is 12.1 Å². The summed E-state index contributed by atoms with van der Waals surface area (Å²) in [7, 11) is 0. The molecule has 66 valence electrons. The van der Waals surface area contributed by atoms with Crippen molar-refractivity contribution < 1.29 is 0 Å². The van der Waals surface area contributed by atoms with E-state index < -0.39 is 0 Å². The van der Waals surface area contributed by atoms with E-state index in [1.165, 1.54) is 5.56 Å². The van der Waals surface area contributed by atoms with Crippen LogP contribution in [-0.2, 0) is 6.42 Å². The molecule has 0 aliphatic heterocycles. The van der Waals surface area contributed by atoms with Crippen LogP contribution >= 0.6 is 23.4 Å². The Morgan fingerprint density at radius 1 is 1.58 bits per heavy atom. The van der Waals surface area contributed by atoms with E-state index in [1.54, 1.807) is 18.0 Å². The Balaban J connectivity index is 2.68. The molecular formula is C8H11ClN2S. The SMILES string of the molecule is CSc1nnccc1CCCCl. The van der Waals surface area contributed by atoms with Gasteiger partial charge in [-0.25, -0.2) is 0 Å². The van der Waals surface area contributed by atoms with Gasteiger partial charge in [0.05, 0.1) is 0 Å². The molecule has 4 heteroatoms. The third-order valence-corrected chi connectivity index (χ3v) is 2.54. The summed E-state index contributed by atoms with van der Waals surface area (Å²) in [6.07, 6.45) is 5.73. The summed E-state index contributed by atoms with van der Waals surface area (Å²) in [6.45, 7) is 0. The quantitative estimate of drug-likeness (QED) is 0.554. The van der Waals surface area contributed by atoms with Crippen molar-refractivity contribution in [2.24, 2.45) is 0 Å². The number of hydrogen-bond donors (Lipinski definition) is 0. The van der Waals surface area contributed by atoms with Crippen LogP contribution in [0.5, 0.6) is 0 Å². The summed E-state index contributed by atoms with van der Waals surface area (Å²) in [6, 6.07) is 2.01. The van der Waals surface area contributed by atoms with Gasteiger partial charge < -0.3 is 0 Å². The van der Waals surface area contributed by atoms with Gasteiger partial charge in [-0.1, -0.05) is 0 Å². The topological polar surface area (TPSA) is 25.8 Å². The maximum absolute atomic E-state index is 5.60. The molecule has 1 aromatic heterocycles. The molecule has 12 heavy (non-hydrogen) atoms. The van der Waals surface area contributed by atoms with Crippen molar-refractivity contribution in [2.45, 2.75) is 17.9 Å². The highest BCUT2D eigenvalue weighted by Crippen LogP contribution is 2.17. The normalized spacial score (nSPS) is 10.2. The molecule has 0 aliphatic rings. The lowest BCUT2D eigenvalue weighted by Crippen LogP contribution is -1.93. The zero-order valence-corrected chi connectivity index (χ0v) is 8.53. The molecule has 1 heterocycles. The van der Waals surface area contributed by atoms with Crippen LogP contribution in [0.3, 0.4) is 0 Å². The molecule has 1 aromatic rings. The molecule has 0 fully saturated rings. The number of alkyl halides is 1. The molecule has 0 amide bonds. The molecule has 0 saturated heterocycles. The molecular weight excluding hydrogens is 192 g/mol. The smallest absolute Gasteiger partial charge is 0.122 e. The summed E-state index contributed by atoms with van der Waals surface area (Å²) in [5.41, 5.74) is 1.25. The van der Waals surface area contributed by atoms with Gasteiger partial charge >= 0.3 is 0 Å². The first kappa shape index (κ1) is 9.81. The molecule has 1 rings (SSSR count). The largest absolute Gasteiger partial charge is 0.158 e. The van der Waals surface area contributed by atoms with Crippen LogP contribution < -0.4 is 0 Å². The first-order valence-electron chi connectivity index (χ1n) is 3.79. The van der Waals surface area contributed by atoms with Crippen LogP contribution in [0, 0.1) is 0 Å². The summed E-state index contributed by atoms with van der Waals surface area (Å²) in [4.78, 5) is 0. The zero-order valence-electron chi connectivity index (χ0n) is 6.96. The van der Waals surface area contributed by atoms with Crippen LogP contribution in [0.4, 0.5) is 0 Å². The van der Waals surface area contributed by atoms with Crippen molar-refractivity contribution in [1.82, 2.24) is 10.2 Å². The lowest BCUT2D eigenvalue weighted by molar-refractivity contribution is 0.833. The number of halogens is 1. The van der Waals surface area contributed by atoms with Gasteiger partial charge in [0.2, 0.25) is 0 Å². The Bertz CT molecular complexity index is 242. The predicted molar refractivity (Wildman–Crippen MR) is 52.9 cm³/mol. The third kappa shape index (κ3) is 2.64. The molecule has 0 aromatic carbocycles. The van der Waals surface area contributed by atoms with Crippen molar-refractivity contribution >= 4 is 23.4 Å². The number of aromatic nitrogens is 2. The van der Waals surface area contributed by atoms with Gasteiger partial charge in [0.15, 0.2) is 0 Å². The maximum atomic E-state index is 5.60. The Morgan fingerprint density at radius 3 is 3.08 bits per heavy atom. The first-order chi connectivity index (χ1) is 5.88. The second-order valence-corrected chi connectivity index (χ2v) is 3.53. The van der Waals surface area contributed by atoms with Gasteiger partial charge in [-0.3, -0.25) is 0 Å². The van der Waals surface area contributed by atoms with Crippen LogP contribution in [0.15, 0.2) is 17.3 Å². The van der Waals surface area contributed by atoms with Crippen LogP contribution in [0.25, 0.3) is 0 Å². The molecule has 2 nitrogen and oxygen atoms in total. The van der Waals surface area contributed by atoms with Gasteiger partial charge in [-0.05, 0) is 30.7 Å². The van der Waals surface area contributed by atoms with Crippen LogP contribution in [0.2, 0.25) is 0 Å². The predicted octanol–water partition coefficient (Wildman–Crippen LogP) is 2.37. The van der Waals surface area contributed by atoms with E-state index in [1.807, 2.05) is 12.3 Å². The minimum atomic E-state index is 0.705. The van der Waals surface area contributed by atoms with E-state index in [4.69, 9.17) is 11.6 Å². The molecule has 0 spiro atoms. The second kappa shape index (κ2) is 5.38. The number of rotatable bonds is 4. The molecule has 0 aliphatic carbocycles. The van der Waals surface area contributed by atoms with Crippen molar-refractivity contribution in [3.8, 4) is 0 Å². The van der Waals surface area contributed by atoms with E-state index in [0.29, 0.717) is 5.88 Å². The van der Waals surface area contributed by atoms with E-state index in [2.05, 4.69) is 10.2 Å². The lowest BCUT2D eigenvalue weighted by Gasteiger charge is -2.02. The van der Waals surface area contributed by atoms with Gasteiger partial charge in [-0.15, -0.1) is 28.5 Å². The van der Waals surface area contributed by atoms with Crippen LogP contribution in [0.1, 0.15) is 12.0 Å². The average molecular weight is 203 g/mol. The Labute approximate surface area is 81.7 Å². The van der Waals surface area contributed by atoms with Crippen molar-refractivity contribution in [1.29, 1.82) is 0 Å². The number of hydrogen-bond acceptors (Lipinski definition) is 3. The van der Waals surface area contributed by atoms with E-state index in [-0.39, 0.29) is 0 Å². The van der Waals surface area contributed by atoms with E-state index in [0.717, 1.165) is 17.9 Å². The summed E-state index contributed by atoms with van der Waals surface area (Å²) in [5, 5.41) is 8.86. The minimum absolute atomic E-state index is 0.705. The molecule has 0 radical (unpaired) electrons. The summed E-state index contributed by atoms with van der Waals surface area (Å²) >= 11 is 7.23. The molecule has 0 saturated carbocycles. The van der Waals surface area contributed by atoms with Crippen molar-refractivity contribution in [3.63, 3.8) is 0 Å². The van der Waals surface area contributed by atoms with Gasteiger partial charge in [-0.2, -0.15) is 5.10 Å².